The molecule has 0 atom stereocenters. The minimum absolute atomic E-state index is 0.411. The summed E-state index contributed by atoms with van der Waals surface area (Å²) in [5.74, 6) is 0.411. The summed E-state index contributed by atoms with van der Waals surface area (Å²) in [6.45, 7) is 6.71. The van der Waals surface area contributed by atoms with Crippen molar-refractivity contribution in [3.8, 4) is 5.75 Å². The van der Waals surface area contributed by atoms with Crippen molar-refractivity contribution < 1.29 is 5.11 Å². The molecule has 0 unspecified atom stereocenters. The van der Waals surface area contributed by atoms with Crippen LogP contribution in [-0.2, 0) is 13.0 Å². The van der Waals surface area contributed by atoms with Gasteiger partial charge in [-0.2, -0.15) is 0 Å². The number of rotatable bonds is 9. The molecule has 0 saturated carbocycles. The van der Waals surface area contributed by atoms with E-state index < -0.39 is 0 Å². The van der Waals surface area contributed by atoms with Crippen LogP contribution in [0.3, 0.4) is 0 Å². The highest BCUT2D eigenvalue weighted by Crippen LogP contribution is 2.28. The molecule has 1 rings (SSSR count). The molecule has 2 nitrogen and oxygen atoms in total. The number of aromatic hydroxyl groups is 1. The number of nitrogens with two attached hydrogens (primary N) is 1. The van der Waals surface area contributed by atoms with E-state index in [1.54, 1.807) is 0 Å². The van der Waals surface area contributed by atoms with Crippen molar-refractivity contribution in [3.05, 3.63) is 28.3 Å². The Morgan fingerprint density at radius 1 is 1.00 bits per heavy atom. The molecule has 0 radical (unpaired) electrons. The van der Waals surface area contributed by atoms with Crippen LogP contribution in [0.4, 0.5) is 0 Å². The summed E-state index contributed by atoms with van der Waals surface area (Å²) in [7, 11) is 0. The molecule has 3 N–H and O–H groups in total. The van der Waals surface area contributed by atoms with Gasteiger partial charge in [-0.15, -0.1) is 0 Å². The van der Waals surface area contributed by atoms with Gasteiger partial charge in [0.1, 0.15) is 5.75 Å². The third-order valence-electron chi connectivity index (χ3n) is 4.21. The van der Waals surface area contributed by atoms with E-state index in [0.717, 1.165) is 23.1 Å². The predicted octanol–water partition coefficient (Wildman–Crippen LogP) is 4.76. The molecule has 2 heteroatoms. The molecule has 20 heavy (non-hydrogen) atoms. The Balaban J connectivity index is 2.47. The van der Waals surface area contributed by atoms with Gasteiger partial charge in [0.05, 0.1) is 0 Å². The number of aryl methyl sites for hydroxylation is 2. The summed E-state index contributed by atoms with van der Waals surface area (Å²) < 4.78 is 0. The van der Waals surface area contributed by atoms with Crippen molar-refractivity contribution in [2.45, 2.75) is 78.7 Å². The number of hydrogen-bond donors (Lipinski definition) is 2. The molecular formula is C18H31NO. The topological polar surface area (TPSA) is 46.2 Å². The smallest absolute Gasteiger partial charge is 0.121 e. The highest BCUT2D eigenvalue weighted by Gasteiger charge is 2.11. The van der Waals surface area contributed by atoms with Gasteiger partial charge in [0.2, 0.25) is 0 Å². The Morgan fingerprint density at radius 3 is 2.20 bits per heavy atom. The average Bonchev–Trinajstić information content (AvgIpc) is 2.44. The van der Waals surface area contributed by atoms with Crippen molar-refractivity contribution in [1.29, 1.82) is 0 Å². The van der Waals surface area contributed by atoms with Gasteiger partial charge in [-0.25, -0.2) is 0 Å². The predicted molar refractivity (Wildman–Crippen MR) is 87.2 cm³/mol. The zero-order valence-electron chi connectivity index (χ0n) is 13.5. The second-order valence-corrected chi connectivity index (χ2v) is 5.88. The van der Waals surface area contributed by atoms with Crippen molar-refractivity contribution in [1.82, 2.24) is 0 Å². The van der Waals surface area contributed by atoms with E-state index in [4.69, 9.17) is 5.73 Å². The van der Waals surface area contributed by atoms with Gasteiger partial charge in [0.15, 0.2) is 0 Å². The molecule has 0 saturated heterocycles. The first kappa shape index (κ1) is 17.0. The second kappa shape index (κ2) is 9.02. The van der Waals surface area contributed by atoms with E-state index in [1.807, 2.05) is 13.8 Å². The standard InChI is InChI=1S/C18H31NO/c1-4-5-6-7-8-9-10-11-16-12-14(2)18(20)15(3)17(16)13-19/h12,20H,4-11,13,19H2,1-3H3. The first-order valence-corrected chi connectivity index (χ1v) is 8.12. The first-order valence-electron chi connectivity index (χ1n) is 8.12. The SMILES string of the molecule is CCCCCCCCCc1cc(C)c(O)c(C)c1CN. The Bertz CT molecular complexity index is 412. The zero-order valence-corrected chi connectivity index (χ0v) is 13.5. The molecule has 0 bridgehead atoms. The summed E-state index contributed by atoms with van der Waals surface area (Å²) >= 11 is 0. The van der Waals surface area contributed by atoms with Gasteiger partial charge >= 0.3 is 0 Å². The Hall–Kier alpha value is -1.02. The lowest BCUT2D eigenvalue weighted by molar-refractivity contribution is 0.465. The molecule has 0 spiro atoms. The van der Waals surface area contributed by atoms with Crippen LogP contribution in [0.2, 0.25) is 0 Å². The van der Waals surface area contributed by atoms with Crippen LogP contribution in [-0.4, -0.2) is 5.11 Å². The summed E-state index contributed by atoms with van der Waals surface area (Å²) in [4.78, 5) is 0. The van der Waals surface area contributed by atoms with Crippen LogP contribution >= 0.6 is 0 Å². The molecule has 0 aliphatic heterocycles. The van der Waals surface area contributed by atoms with Crippen LogP contribution in [0.1, 0.15) is 74.1 Å². The third-order valence-corrected chi connectivity index (χ3v) is 4.21. The van der Waals surface area contributed by atoms with Crippen LogP contribution in [0.25, 0.3) is 0 Å². The molecule has 0 fully saturated rings. The largest absolute Gasteiger partial charge is 0.507 e. The summed E-state index contributed by atoms with van der Waals surface area (Å²) in [6, 6.07) is 2.11. The number of benzene rings is 1. The lowest BCUT2D eigenvalue weighted by atomic mass is 9.94. The van der Waals surface area contributed by atoms with E-state index in [9.17, 15) is 5.11 Å². The molecule has 0 aliphatic rings. The highest BCUT2D eigenvalue weighted by molar-refractivity contribution is 5.48. The zero-order chi connectivity index (χ0) is 15.0. The first-order chi connectivity index (χ1) is 9.61. The van der Waals surface area contributed by atoms with Gasteiger partial charge in [0, 0.05) is 6.54 Å². The van der Waals surface area contributed by atoms with Crippen LogP contribution in [0.5, 0.6) is 5.75 Å². The summed E-state index contributed by atoms with van der Waals surface area (Å²) in [5, 5.41) is 9.98. The maximum Gasteiger partial charge on any atom is 0.121 e. The fourth-order valence-corrected chi connectivity index (χ4v) is 2.88. The molecule has 0 heterocycles. The normalized spacial score (nSPS) is 11.0. The molecular weight excluding hydrogens is 246 g/mol. The Labute approximate surface area is 124 Å². The van der Waals surface area contributed by atoms with Gasteiger partial charge in [-0.1, -0.05) is 51.5 Å². The Kier molecular flexibility index (Phi) is 7.68. The lowest BCUT2D eigenvalue weighted by Crippen LogP contribution is -2.05. The van der Waals surface area contributed by atoms with Crippen molar-refractivity contribution >= 4 is 0 Å². The summed E-state index contributed by atoms with van der Waals surface area (Å²) in [5.41, 5.74) is 10.2. The van der Waals surface area contributed by atoms with Crippen molar-refractivity contribution in [3.63, 3.8) is 0 Å². The highest BCUT2D eigenvalue weighted by atomic mass is 16.3. The van der Waals surface area contributed by atoms with E-state index in [-0.39, 0.29) is 0 Å². The van der Waals surface area contributed by atoms with Crippen LogP contribution in [0, 0.1) is 13.8 Å². The fourth-order valence-electron chi connectivity index (χ4n) is 2.88. The quantitative estimate of drug-likeness (QED) is 0.639. The summed E-state index contributed by atoms with van der Waals surface area (Å²) in [6.07, 6.45) is 10.4. The second-order valence-electron chi connectivity index (χ2n) is 5.88. The van der Waals surface area contributed by atoms with Gasteiger partial charge in [-0.3, -0.25) is 0 Å². The monoisotopic (exact) mass is 277 g/mol. The van der Waals surface area contributed by atoms with E-state index in [0.29, 0.717) is 12.3 Å². The molecule has 0 amide bonds. The molecule has 1 aromatic rings. The number of unbranched alkanes of at least 4 members (excludes halogenated alkanes) is 6. The van der Waals surface area contributed by atoms with Crippen LogP contribution in [0.15, 0.2) is 6.07 Å². The molecule has 0 aliphatic carbocycles. The number of phenolic OH excluding ortho intramolecular Hbond substituents is 1. The van der Waals surface area contributed by atoms with Gasteiger partial charge in [-0.05, 0) is 48.9 Å². The third kappa shape index (κ3) is 4.82. The molecule has 1 aromatic carbocycles. The molecule has 114 valence electrons. The minimum atomic E-state index is 0.411. The number of phenols is 1. The van der Waals surface area contributed by atoms with E-state index in [1.165, 1.54) is 50.5 Å². The van der Waals surface area contributed by atoms with Gasteiger partial charge in [0.25, 0.3) is 0 Å². The molecule has 0 aromatic heterocycles. The fraction of sp³-hybridized carbons (Fsp3) is 0.667. The maximum absolute atomic E-state index is 9.98. The minimum Gasteiger partial charge on any atom is -0.507 e. The van der Waals surface area contributed by atoms with E-state index in [2.05, 4.69) is 13.0 Å². The van der Waals surface area contributed by atoms with Crippen molar-refractivity contribution in [2.24, 2.45) is 5.73 Å². The van der Waals surface area contributed by atoms with E-state index >= 15 is 0 Å². The number of hydrogen-bond acceptors (Lipinski definition) is 2. The maximum atomic E-state index is 9.98. The van der Waals surface area contributed by atoms with Gasteiger partial charge < -0.3 is 10.8 Å². The average molecular weight is 277 g/mol. The van der Waals surface area contributed by atoms with Crippen LogP contribution < -0.4 is 5.73 Å². The lowest BCUT2D eigenvalue weighted by Gasteiger charge is -2.15. The van der Waals surface area contributed by atoms with Crippen molar-refractivity contribution in [2.75, 3.05) is 0 Å². The Morgan fingerprint density at radius 2 is 1.60 bits per heavy atom.